The number of hydrogen-bond donors (Lipinski definition) is 3. The highest BCUT2D eigenvalue weighted by Gasteiger charge is 2.19. The molecule has 1 aliphatic carbocycles. The van der Waals surface area contributed by atoms with Gasteiger partial charge in [-0.25, -0.2) is 4.79 Å². The van der Waals surface area contributed by atoms with Crippen LogP contribution >= 0.6 is 0 Å². The molecule has 0 aromatic carbocycles. The second-order valence-corrected chi connectivity index (χ2v) is 4.40. The summed E-state index contributed by atoms with van der Waals surface area (Å²) in [7, 11) is 0. The van der Waals surface area contributed by atoms with E-state index in [2.05, 4.69) is 10.6 Å². The summed E-state index contributed by atoms with van der Waals surface area (Å²) in [5.41, 5.74) is 0. The summed E-state index contributed by atoms with van der Waals surface area (Å²) in [6.07, 6.45) is 5.01. The van der Waals surface area contributed by atoms with Gasteiger partial charge in [-0.15, -0.1) is 0 Å². The molecule has 1 atom stereocenters. The van der Waals surface area contributed by atoms with Crippen molar-refractivity contribution >= 4 is 11.9 Å². The fourth-order valence-corrected chi connectivity index (χ4v) is 2.09. The van der Waals surface area contributed by atoms with Gasteiger partial charge in [0, 0.05) is 13.5 Å². The molecule has 0 heterocycles. The highest BCUT2D eigenvalue weighted by molar-refractivity contribution is 5.82. The zero-order chi connectivity index (χ0) is 12.0. The third kappa shape index (κ3) is 4.61. The van der Waals surface area contributed by atoms with Crippen molar-refractivity contribution in [3.8, 4) is 0 Å². The Bertz CT molecular complexity index is 250. The predicted octanol–water partition coefficient (Wildman–Crippen LogP) is 0.355. The average molecular weight is 228 g/mol. The topological polar surface area (TPSA) is 78.4 Å². The molecule has 0 radical (unpaired) electrons. The maximum atomic E-state index is 10.8. The van der Waals surface area contributed by atoms with Crippen LogP contribution in [0, 0.1) is 5.92 Å². The van der Waals surface area contributed by atoms with E-state index < -0.39 is 12.0 Å². The Labute approximate surface area is 95.6 Å². The van der Waals surface area contributed by atoms with E-state index in [1.54, 1.807) is 0 Å². The monoisotopic (exact) mass is 228 g/mol. The average Bonchev–Trinajstić information content (AvgIpc) is 2.68. The summed E-state index contributed by atoms with van der Waals surface area (Å²) in [6.45, 7) is 2.47. The van der Waals surface area contributed by atoms with Crippen LogP contribution < -0.4 is 10.6 Å². The van der Waals surface area contributed by atoms with E-state index in [1.165, 1.54) is 32.6 Å². The first-order valence-corrected chi connectivity index (χ1v) is 5.80. The van der Waals surface area contributed by atoms with Crippen molar-refractivity contribution in [2.45, 2.75) is 38.6 Å². The molecule has 1 unspecified atom stereocenters. The summed E-state index contributed by atoms with van der Waals surface area (Å²) in [6, 6.07) is -0.820. The number of nitrogens with one attached hydrogen (secondary N) is 2. The zero-order valence-electron chi connectivity index (χ0n) is 9.66. The van der Waals surface area contributed by atoms with Crippen LogP contribution in [-0.4, -0.2) is 36.1 Å². The molecule has 0 saturated heterocycles. The lowest BCUT2D eigenvalue weighted by molar-refractivity contribution is -0.141. The van der Waals surface area contributed by atoms with Gasteiger partial charge in [0.05, 0.1) is 0 Å². The van der Waals surface area contributed by atoms with Gasteiger partial charge in [0.2, 0.25) is 5.91 Å². The number of rotatable bonds is 6. The Kier molecular flexibility index (Phi) is 5.25. The predicted molar refractivity (Wildman–Crippen MR) is 60.1 cm³/mol. The van der Waals surface area contributed by atoms with Crippen LogP contribution in [0.4, 0.5) is 0 Å². The van der Waals surface area contributed by atoms with Crippen molar-refractivity contribution in [2.75, 3.05) is 13.1 Å². The molecule has 5 heteroatoms. The molecule has 1 saturated carbocycles. The summed E-state index contributed by atoms with van der Waals surface area (Å²) in [4.78, 5) is 21.6. The Balaban J connectivity index is 2.21. The largest absolute Gasteiger partial charge is 0.480 e. The van der Waals surface area contributed by atoms with Crippen LogP contribution in [0.3, 0.4) is 0 Å². The van der Waals surface area contributed by atoms with E-state index in [0.29, 0.717) is 12.5 Å². The lowest BCUT2D eigenvalue weighted by Crippen LogP contribution is -2.47. The Morgan fingerprint density at radius 2 is 2.00 bits per heavy atom. The van der Waals surface area contributed by atoms with Gasteiger partial charge in [0.25, 0.3) is 0 Å². The standard InChI is InChI=1S/C11H20N2O3/c1-8(14)13-10(11(15)16)7-12-6-9-4-2-3-5-9/h9-10,12H,2-7H2,1H3,(H,13,14)(H,15,16). The molecule has 1 aliphatic rings. The lowest BCUT2D eigenvalue weighted by Gasteiger charge is -2.16. The number of carboxylic acids is 1. The molecular weight excluding hydrogens is 208 g/mol. The van der Waals surface area contributed by atoms with Gasteiger partial charge in [-0.2, -0.15) is 0 Å². The first-order valence-electron chi connectivity index (χ1n) is 5.80. The molecule has 1 rings (SSSR count). The van der Waals surface area contributed by atoms with Crippen molar-refractivity contribution in [3.05, 3.63) is 0 Å². The Morgan fingerprint density at radius 1 is 1.38 bits per heavy atom. The number of amides is 1. The second-order valence-electron chi connectivity index (χ2n) is 4.40. The number of carboxylic acid groups (broad SMARTS) is 1. The molecule has 0 aliphatic heterocycles. The lowest BCUT2D eigenvalue weighted by atomic mass is 10.1. The van der Waals surface area contributed by atoms with Crippen molar-refractivity contribution < 1.29 is 14.7 Å². The molecule has 0 aromatic heterocycles. The fourth-order valence-electron chi connectivity index (χ4n) is 2.09. The van der Waals surface area contributed by atoms with E-state index in [-0.39, 0.29) is 5.91 Å². The van der Waals surface area contributed by atoms with E-state index in [9.17, 15) is 9.59 Å². The summed E-state index contributed by atoms with van der Waals surface area (Å²) >= 11 is 0. The van der Waals surface area contributed by atoms with E-state index in [0.717, 1.165) is 6.54 Å². The number of aliphatic carboxylic acids is 1. The highest BCUT2D eigenvalue weighted by Crippen LogP contribution is 2.23. The second kappa shape index (κ2) is 6.48. The van der Waals surface area contributed by atoms with Gasteiger partial charge in [-0.1, -0.05) is 12.8 Å². The van der Waals surface area contributed by atoms with Crippen LogP contribution in [-0.2, 0) is 9.59 Å². The minimum atomic E-state index is -0.992. The minimum Gasteiger partial charge on any atom is -0.480 e. The van der Waals surface area contributed by atoms with Crippen LogP contribution in [0.25, 0.3) is 0 Å². The van der Waals surface area contributed by atoms with Crippen LogP contribution in [0.2, 0.25) is 0 Å². The van der Waals surface area contributed by atoms with Crippen molar-refractivity contribution in [3.63, 3.8) is 0 Å². The highest BCUT2D eigenvalue weighted by atomic mass is 16.4. The van der Waals surface area contributed by atoms with E-state index >= 15 is 0 Å². The third-order valence-corrected chi connectivity index (χ3v) is 2.93. The SMILES string of the molecule is CC(=O)NC(CNCC1CCCC1)C(=O)O. The quantitative estimate of drug-likeness (QED) is 0.613. The minimum absolute atomic E-state index is 0.297. The van der Waals surface area contributed by atoms with Gasteiger partial charge in [0.1, 0.15) is 6.04 Å². The van der Waals surface area contributed by atoms with Crippen molar-refractivity contribution in [1.29, 1.82) is 0 Å². The van der Waals surface area contributed by atoms with Gasteiger partial charge in [-0.3, -0.25) is 4.79 Å². The molecule has 16 heavy (non-hydrogen) atoms. The Hall–Kier alpha value is -1.10. The molecule has 0 bridgehead atoms. The van der Waals surface area contributed by atoms with Gasteiger partial charge in [0.15, 0.2) is 0 Å². The Morgan fingerprint density at radius 3 is 2.50 bits per heavy atom. The maximum absolute atomic E-state index is 10.8. The molecule has 3 N–H and O–H groups in total. The first-order chi connectivity index (χ1) is 7.59. The van der Waals surface area contributed by atoms with Crippen LogP contribution in [0.1, 0.15) is 32.6 Å². The molecule has 1 fully saturated rings. The van der Waals surface area contributed by atoms with Crippen molar-refractivity contribution in [2.24, 2.45) is 5.92 Å². The normalized spacial score (nSPS) is 18.3. The number of hydrogen-bond acceptors (Lipinski definition) is 3. The van der Waals surface area contributed by atoms with Gasteiger partial charge in [-0.05, 0) is 25.3 Å². The molecule has 0 aromatic rings. The maximum Gasteiger partial charge on any atom is 0.327 e. The molecule has 92 valence electrons. The van der Waals surface area contributed by atoms with Crippen molar-refractivity contribution in [1.82, 2.24) is 10.6 Å². The molecule has 5 nitrogen and oxygen atoms in total. The van der Waals surface area contributed by atoms with Gasteiger partial charge >= 0.3 is 5.97 Å². The smallest absolute Gasteiger partial charge is 0.327 e. The molecule has 0 spiro atoms. The fraction of sp³-hybridized carbons (Fsp3) is 0.818. The van der Waals surface area contributed by atoms with Crippen LogP contribution in [0.5, 0.6) is 0 Å². The first kappa shape index (κ1) is 13.0. The van der Waals surface area contributed by atoms with Crippen LogP contribution in [0.15, 0.2) is 0 Å². The van der Waals surface area contributed by atoms with E-state index in [1.807, 2.05) is 0 Å². The molecular formula is C11H20N2O3. The third-order valence-electron chi connectivity index (χ3n) is 2.93. The summed E-state index contributed by atoms with van der Waals surface area (Å²) in [5.74, 6) is -0.629. The van der Waals surface area contributed by atoms with E-state index in [4.69, 9.17) is 5.11 Å². The zero-order valence-corrected chi connectivity index (χ0v) is 9.66. The summed E-state index contributed by atoms with van der Waals surface area (Å²) < 4.78 is 0. The summed E-state index contributed by atoms with van der Waals surface area (Å²) in [5, 5.41) is 14.4. The molecule has 1 amide bonds. The number of carbonyl (C=O) groups is 2. The van der Waals surface area contributed by atoms with Gasteiger partial charge < -0.3 is 15.7 Å². The number of carbonyl (C=O) groups excluding carboxylic acids is 1.